The quantitative estimate of drug-likeness (QED) is 0.827. The van der Waals surface area contributed by atoms with Crippen molar-refractivity contribution in [3.63, 3.8) is 0 Å². The molecule has 0 unspecified atom stereocenters. The van der Waals surface area contributed by atoms with E-state index in [0.29, 0.717) is 16.8 Å². The monoisotopic (exact) mass is 383 g/mol. The van der Waals surface area contributed by atoms with Gasteiger partial charge in [-0.3, -0.25) is 14.6 Å². The lowest BCUT2D eigenvalue weighted by atomic mass is 9.90. The molecule has 1 fully saturated rings. The maximum atomic E-state index is 13.4. The van der Waals surface area contributed by atoms with Crippen molar-refractivity contribution in [2.24, 2.45) is 5.92 Å². The molecule has 148 valence electrons. The molecule has 5 nitrogen and oxygen atoms in total. The van der Waals surface area contributed by atoms with Gasteiger partial charge < -0.3 is 10.6 Å². The molecule has 0 radical (unpaired) electrons. The number of nitrogens with one attached hydrogen (secondary N) is 2. The number of hydrogen-bond acceptors (Lipinski definition) is 3. The van der Waals surface area contributed by atoms with Gasteiger partial charge in [0.15, 0.2) is 0 Å². The van der Waals surface area contributed by atoms with E-state index in [4.69, 9.17) is 0 Å². The molecule has 0 saturated heterocycles. The third-order valence-electron chi connectivity index (χ3n) is 5.03. The van der Waals surface area contributed by atoms with Gasteiger partial charge in [0.25, 0.3) is 5.91 Å². The Kier molecular flexibility index (Phi) is 6.39. The first-order valence-electron chi connectivity index (χ1n) is 9.75. The molecule has 0 bridgehead atoms. The SMILES string of the molecule is CC(C)C(=O)N[C@@H]1CCC[C@H](NC(=O)c2ccc(-c3cccc(F)c3)nc2)C1. The molecule has 2 atom stereocenters. The number of rotatable bonds is 5. The van der Waals surface area contributed by atoms with Crippen molar-refractivity contribution in [2.75, 3.05) is 0 Å². The normalized spacial score (nSPS) is 19.3. The molecule has 1 aliphatic carbocycles. The minimum absolute atomic E-state index is 0.0293. The lowest BCUT2D eigenvalue weighted by Gasteiger charge is -2.30. The van der Waals surface area contributed by atoms with Crippen LogP contribution in [0.3, 0.4) is 0 Å². The Labute approximate surface area is 164 Å². The number of pyridine rings is 1. The van der Waals surface area contributed by atoms with Gasteiger partial charge in [-0.15, -0.1) is 0 Å². The summed E-state index contributed by atoms with van der Waals surface area (Å²) in [5.74, 6) is -0.497. The number of hydrogen-bond donors (Lipinski definition) is 2. The molecule has 6 heteroatoms. The van der Waals surface area contributed by atoms with Crippen molar-refractivity contribution in [1.29, 1.82) is 0 Å². The zero-order chi connectivity index (χ0) is 20.1. The second-order valence-corrected chi connectivity index (χ2v) is 7.64. The van der Waals surface area contributed by atoms with Crippen LogP contribution in [0.25, 0.3) is 11.3 Å². The topological polar surface area (TPSA) is 71.1 Å². The van der Waals surface area contributed by atoms with Crippen LogP contribution in [-0.4, -0.2) is 28.9 Å². The van der Waals surface area contributed by atoms with Gasteiger partial charge >= 0.3 is 0 Å². The average Bonchev–Trinajstić information content (AvgIpc) is 2.68. The van der Waals surface area contributed by atoms with Gasteiger partial charge in [-0.05, 0) is 49.9 Å². The van der Waals surface area contributed by atoms with E-state index >= 15 is 0 Å². The van der Waals surface area contributed by atoms with E-state index in [2.05, 4.69) is 15.6 Å². The fraction of sp³-hybridized carbons (Fsp3) is 0.409. The van der Waals surface area contributed by atoms with Gasteiger partial charge in [-0.2, -0.15) is 0 Å². The summed E-state index contributed by atoms with van der Waals surface area (Å²) in [6.45, 7) is 3.75. The summed E-state index contributed by atoms with van der Waals surface area (Å²) in [4.78, 5) is 28.7. The van der Waals surface area contributed by atoms with Crippen LogP contribution < -0.4 is 10.6 Å². The number of nitrogens with zero attached hydrogens (tertiary/aromatic N) is 1. The summed E-state index contributed by atoms with van der Waals surface area (Å²) >= 11 is 0. The van der Waals surface area contributed by atoms with Crippen LogP contribution in [0, 0.1) is 11.7 Å². The van der Waals surface area contributed by atoms with E-state index in [1.165, 1.54) is 18.3 Å². The average molecular weight is 383 g/mol. The highest BCUT2D eigenvalue weighted by atomic mass is 19.1. The molecule has 0 spiro atoms. The Morgan fingerprint density at radius 3 is 2.50 bits per heavy atom. The lowest BCUT2D eigenvalue weighted by Crippen LogP contribution is -2.46. The Morgan fingerprint density at radius 1 is 1.11 bits per heavy atom. The van der Waals surface area contributed by atoms with E-state index in [1.54, 1.807) is 24.3 Å². The van der Waals surface area contributed by atoms with Crippen molar-refractivity contribution < 1.29 is 14.0 Å². The predicted molar refractivity (Wildman–Crippen MR) is 106 cm³/mol. The van der Waals surface area contributed by atoms with Gasteiger partial charge in [0.05, 0.1) is 11.3 Å². The van der Waals surface area contributed by atoms with E-state index in [0.717, 1.165) is 25.7 Å². The molecule has 2 aromatic rings. The third kappa shape index (κ3) is 5.15. The van der Waals surface area contributed by atoms with E-state index in [-0.39, 0.29) is 35.6 Å². The zero-order valence-corrected chi connectivity index (χ0v) is 16.2. The van der Waals surface area contributed by atoms with Gasteiger partial charge in [0, 0.05) is 29.8 Å². The summed E-state index contributed by atoms with van der Waals surface area (Å²) in [6.07, 6.45) is 5.05. The predicted octanol–water partition coefficient (Wildman–Crippen LogP) is 3.70. The summed E-state index contributed by atoms with van der Waals surface area (Å²) in [7, 11) is 0. The van der Waals surface area contributed by atoms with Crippen molar-refractivity contribution >= 4 is 11.8 Å². The van der Waals surface area contributed by atoms with E-state index in [9.17, 15) is 14.0 Å². The van der Waals surface area contributed by atoms with Crippen molar-refractivity contribution in [3.8, 4) is 11.3 Å². The number of carbonyl (C=O) groups excluding carboxylic acids is 2. The summed E-state index contributed by atoms with van der Waals surface area (Å²) in [5, 5.41) is 6.10. The first kappa shape index (κ1) is 20.0. The van der Waals surface area contributed by atoms with Gasteiger partial charge in [0.2, 0.25) is 5.91 Å². The molecule has 2 amide bonds. The van der Waals surface area contributed by atoms with Crippen LogP contribution in [-0.2, 0) is 4.79 Å². The Hall–Kier alpha value is -2.76. The van der Waals surface area contributed by atoms with Crippen molar-refractivity contribution in [2.45, 2.75) is 51.6 Å². The highest BCUT2D eigenvalue weighted by Crippen LogP contribution is 2.21. The molecule has 1 aliphatic rings. The second-order valence-electron chi connectivity index (χ2n) is 7.64. The van der Waals surface area contributed by atoms with Gasteiger partial charge in [0.1, 0.15) is 5.82 Å². The van der Waals surface area contributed by atoms with Gasteiger partial charge in [-0.25, -0.2) is 4.39 Å². The Balaban J connectivity index is 1.59. The van der Waals surface area contributed by atoms with E-state index < -0.39 is 0 Å². The summed E-state index contributed by atoms with van der Waals surface area (Å²) < 4.78 is 13.4. The molecule has 1 aromatic heterocycles. The Morgan fingerprint density at radius 2 is 1.86 bits per heavy atom. The first-order chi connectivity index (χ1) is 13.4. The highest BCUT2D eigenvalue weighted by Gasteiger charge is 2.25. The highest BCUT2D eigenvalue weighted by molar-refractivity contribution is 5.94. The number of aromatic nitrogens is 1. The smallest absolute Gasteiger partial charge is 0.253 e. The lowest BCUT2D eigenvalue weighted by molar-refractivity contribution is -0.124. The van der Waals surface area contributed by atoms with Crippen molar-refractivity contribution in [1.82, 2.24) is 15.6 Å². The number of halogens is 1. The van der Waals surface area contributed by atoms with Crippen LogP contribution in [0.4, 0.5) is 4.39 Å². The molecule has 2 N–H and O–H groups in total. The molecular weight excluding hydrogens is 357 g/mol. The maximum Gasteiger partial charge on any atom is 0.253 e. The fourth-order valence-corrected chi connectivity index (χ4v) is 3.44. The van der Waals surface area contributed by atoms with Crippen LogP contribution in [0.1, 0.15) is 49.9 Å². The molecule has 1 saturated carbocycles. The zero-order valence-electron chi connectivity index (χ0n) is 16.2. The van der Waals surface area contributed by atoms with Crippen LogP contribution in [0.2, 0.25) is 0 Å². The number of amides is 2. The summed E-state index contributed by atoms with van der Waals surface area (Å²) in [5.41, 5.74) is 1.75. The van der Waals surface area contributed by atoms with Crippen LogP contribution >= 0.6 is 0 Å². The molecule has 1 aromatic carbocycles. The van der Waals surface area contributed by atoms with Gasteiger partial charge in [-0.1, -0.05) is 26.0 Å². The Bertz CT molecular complexity index is 836. The van der Waals surface area contributed by atoms with E-state index in [1.807, 2.05) is 13.8 Å². The molecule has 3 rings (SSSR count). The minimum Gasteiger partial charge on any atom is -0.353 e. The molecule has 1 heterocycles. The summed E-state index contributed by atoms with van der Waals surface area (Å²) in [6, 6.07) is 9.74. The third-order valence-corrected chi connectivity index (χ3v) is 5.03. The maximum absolute atomic E-state index is 13.4. The standard InChI is InChI=1S/C22H26FN3O2/c1-14(2)21(27)25-18-7-4-8-19(12-18)26-22(28)16-9-10-20(24-13-16)15-5-3-6-17(23)11-15/h3,5-6,9-11,13-14,18-19H,4,7-8,12H2,1-2H3,(H,25,27)(H,26,28)/t18-,19+/m1/s1. The first-order valence-corrected chi connectivity index (χ1v) is 9.75. The number of benzene rings is 1. The second kappa shape index (κ2) is 8.95. The number of carbonyl (C=O) groups is 2. The molecular formula is C22H26FN3O2. The molecule has 28 heavy (non-hydrogen) atoms. The largest absolute Gasteiger partial charge is 0.353 e. The van der Waals surface area contributed by atoms with Crippen LogP contribution in [0.5, 0.6) is 0 Å². The fourth-order valence-electron chi connectivity index (χ4n) is 3.44. The molecule has 0 aliphatic heterocycles. The van der Waals surface area contributed by atoms with Crippen molar-refractivity contribution in [3.05, 3.63) is 54.0 Å². The van der Waals surface area contributed by atoms with Crippen LogP contribution in [0.15, 0.2) is 42.6 Å². The minimum atomic E-state index is -0.322.